The quantitative estimate of drug-likeness (QED) is 0.699. The Hall–Kier alpha value is -1.06. The smallest absolute Gasteiger partial charge is 0.236 e. The minimum atomic E-state index is -0.375. The number of halogens is 1. The van der Waals surface area contributed by atoms with Gasteiger partial charge in [0.05, 0.1) is 16.1 Å². The first kappa shape index (κ1) is 9.19. The lowest BCUT2D eigenvalue weighted by molar-refractivity contribution is -0.120. The summed E-state index contributed by atoms with van der Waals surface area (Å²) in [5.74, 6) is 0.0793. The van der Waals surface area contributed by atoms with Crippen LogP contribution < -0.4 is 10.6 Å². The van der Waals surface area contributed by atoms with Gasteiger partial charge in [-0.3, -0.25) is 4.79 Å². The first-order valence-corrected chi connectivity index (χ1v) is 5.43. The summed E-state index contributed by atoms with van der Waals surface area (Å²) in [7, 11) is 0. The second-order valence-electron chi connectivity index (χ2n) is 4.13. The van der Waals surface area contributed by atoms with E-state index in [4.69, 9.17) is 11.6 Å². The van der Waals surface area contributed by atoms with E-state index < -0.39 is 0 Å². The predicted octanol–water partition coefficient (Wildman–Crippen LogP) is 1.52. The van der Waals surface area contributed by atoms with Crippen molar-refractivity contribution in [2.75, 3.05) is 18.4 Å². The van der Waals surface area contributed by atoms with E-state index in [0.717, 1.165) is 24.2 Å². The lowest BCUT2D eigenvalue weighted by atomic mass is 9.81. The normalized spacial score (nSPS) is 28.2. The second-order valence-corrected chi connectivity index (χ2v) is 4.53. The summed E-state index contributed by atoms with van der Waals surface area (Å²) in [5, 5.41) is 6.76. The third-order valence-electron chi connectivity index (χ3n) is 3.36. The summed E-state index contributed by atoms with van der Waals surface area (Å²) >= 11 is 6.06. The molecule has 1 atom stereocenters. The molecule has 1 saturated heterocycles. The Kier molecular flexibility index (Phi) is 1.82. The van der Waals surface area contributed by atoms with E-state index in [9.17, 15) is 4.79 Å². The van der Waals surface area contributed by atoms with Gasteiger partial charge in [-0.2, -0.15) is 0 Å². The second kappa shape index (κ2) is 2.97. The van der Waals surface area contributed by atoms with Crippen LogP contribution in [0.2, 0.25) is 5.02 Å². The van der Waals surface area contributed by atoms with Crippen molar-refractivity contribution in [3.05, 3.63) is 28.8 Å². The number of hydrogen-bond acceptors (Lipinski definition) is 2. The zero-order chi connectivity index (χ0) is 10.5. The lowest BCUT2D eigenvalue weighted by Crippen LogP contribution is -2.36. The summed E-state index contributed by atoms with van der Waals surface area (Å²) < 4.78 is 0. The summed E-state index contributed by atoms with van der Waals surface area (Å²) in [6.45, 7) is 1.60. The number of carbonyl (C=O) groups is 1. The maximum atomic E-state index is 12.0. The van der Waals surface area contributed by atoms with Crippen LogP contribution in [0.3, 0.4) is 0 Å². The van der Waals surface area contributed by atoms with Gasteiger partial charge in [0, 0.05) is 6.54 Å². The molecule has 0 radical (unpaired) electrons. The van der Waals surface area contributed by atoms with E-state index in [0.29, 0.717) is 11.6 Å². The average molecular weight is 223 g/mol. The largest absolute Gasteiger partial charge is 0.324 e. The topological polar surface area (TPSA) is 41.1 Å². The molecule has 2 N–H and O–H groups in total. The number of amides is 1. The molecule has 3 rings (SSSR count). The molecule has 1 fully saturated rings. The van der Waals surface area contributed by atoms with Crippen LogP contribution in [0, 0.1) is 0 Å². The Morgan fingerprint density at radius 3 is 3.00 bits per heavy atom. The maximum Gasteiger partial charge on any atom is 0.236 e. The number of anilines is 1. The predicted molar refractivity (Wildman–Crippen MR) is 59.2 cm³/mol. The van der Waals surface area contributed by atoms with Gasteiger partial charge in [0.25, 0.3) is 0 Å². The molecule has 0 aromatic heterocycles. The number of nitrogens with one attached hydrogen (secondary N) is 2. The summed E-state index contributed by atoms with van der Waals surface area (Å²) in [4.78, 5) is 12.0. The van der Waals surface area contributed by atoms with Gasteiger partial charge in [0.1, 0.15) is 0 Å². The number of carbonyl (C=O) groups excluding carboxylic acids is 1. The molecule has 1 aromatic rings. The van der Waals surface area contributed by atoms with Crippen LogP contribution in [0.15, 0.2) is 18.2 Å². The zero-order valence-electron chi connectivity index (χ0n) is 8.14. The number of rotatable bonds is 0. The molecule has 1 amide bonds. The Bertz CT molecular complexity index is 438. The van der Waals surface area contributed by atoms with Gasteiger partial charge in [-0.15, -0.1) is 0 Å². The standard InChI is InChI=1S/C11H11ClN2O/c12-8-3-1-2-7-9(8)14-10(15)11(7)4-5-13-6-11/h1-3,13H,4-6H2,(H,14,15)/t11-/m0/s1. The highest BCUT2D eigenvalue weighted by atomic mass is 35.5. The number of hydrogen-bond donors (Lipinski definition) is 2. The van der Waals surface area contributed by atoms with Crippen LogP contribution >= 0.6 is 11.6 Å². The molecule has 0 bridgehead atoms. The van der Waals surface area contributed by atoms with Crippen LogP contribution in [-0.4, -0.2) is 19.0 Å². The van der Waals surface area contributed by atoms with Gasteiger partial charge < -0.3 is 10.6 Å². The average Bonchev–Trinajstić information content (AvgIpc) is 2.79. The molecular weight excluding hydrogens is 212 g/mol. The number of benzene rings is 1. The minimum Gasteiger partial charge on any atom is -0.324 e. The number of para-hydroxylation sites is 1. The summed E-state index contributed by atoms with van der Waals surface area (Å²) in [6.07, 6.45) is 0.853. The van der Waals surface area contributed by atoms with E-state index in [-0.39, 0.29) is 11.3 Å². The molecule has 2 heterocycles. The highest BCUT2D eigenvalue weighted by Gasteiger charge is 2.49. The first-order chi connectivity index (χ1) is 7.24. The highest BCUT2D eigenvalue weighted by Crippen LogP contribution is 2.44. The van der Waals surface area contributed by atoms with Crippen LogP contribution in [-0.2, 0) is 10.2 Å². The molecule has 1 spiro atoms. The molecule has 0 saturated carbocycles. The van der Waals surface area contributed by atoms with Crippen LogP contribution in [0.25, 0.3) is 0 Å². The van der Waals surface area contributed by atoms with E-state index >= 15 is 0 Å². The van der Waals surface area contributed by atoms with Gasteiger partial charge in [0.15, 0.2) is 0 Å². The van der Waals surface area contributed by atoms with Crippen molar-refractivity contribution in [2.24, 2.45) is 0 Å². The Labute approximate surface area is 92.8 Å². The van der Waals surface area contributed by atoms with Crippen molar-refractivity contribution in [3.8, 4) is 0 Å². The summed E-state index contributed by atoms with van der Waals surface area (Å²) in [5.41, 5.74) is 1.47. The minimum absolute atomic E-state index is 0.0793. The lowest BCUT2D eigenvalue weighted by Gasteiger charge is -2.19. The van der Waals surface area contributed by atoms with E-state index in [2.05, 4.69) is 10.6 Å². The van der Waals surface area contributed by atoms with Crippen LogP contribution in [0.5, 0.6) is 0 Å². The fourth-order valence-corrected chi connectivity index (χ4v) is 2.74. The fraction of sp³-hybridized carbons (Fsp3) is 0.364. The van der Waals surface area contributed by atoms with Crippen molar-refractivity contribution in [3.63, 3.8) is 0 Å². The van der Waals surface area contributed by atoms with E-state index in [1.807, 2.05) is 18.2 Å². The third-order valence-corrected chi connectivity index (χ3v) is 3.67. The molecule has 2 aliphatic rings. The molecule has 1 aromatic carbocycles. The molecule has 3 nitrogen and oxygen atoms in total. The van der Waals surface area contributed by atoms with Crippen LogP contribution in [0.1, 0.15) is 12.0 Å². The third kappa shape index (κ3) is 1.08. The van der Waals surface area contributed by atoms with Crippen molar-refractivity contribution in [2.45, 2.75) is 11.8 Å². The first-order valence-electron chi connectivity index (χ1n) is 5.05. The van der Waals surface area contributed by atoms with Crippen molar-refractivity contribution < 1.29 is 4.79 Å². The van der Waals surface area contributed by atoms with Gasteiger partial charge in [-0.1, -0.05) is 23.7 Å². The van der Waals surface area contributed by atoms with Gasteiger partial charge in [-0.25, -0.2) is 0 Å². The van der Waals surface area contributed by atoms with Gasteiger partial charge in [0.2, 0.25) is 5.91 Å². The monoisotopic (exact) mass is 222 g/mol. The Balaban J connectivity index is 2.21. The van der Waals surface area contributed by atoms with Crippen molar-refractivity contribution in [1.82, 2.24) is 5.32 Å². The highest BCUT2D eigenvalue weighted by molar-refractivity contribution is 6.34. The zero-order valence-corrected chi connectivity index (χ0v) is 8.90. The molecular formula is C11H11ClN2O. The molecule has 15 heavy (non-hydrogen) atoms. The van der Waals surface area contributed by atoms with Crippen molar-refractivity contribution >= 4 is 23.2 Å². The van der Waals surface area contributed by atoms with E-state index in [1.54, 1.807) is 0 Å². The molecule has 2 aliphatic heterocycles. The van der Waals surface area contributed by atoms with Crippen LogP contribution in [0.4, 0.5) is 5.69 Å². The molecule has 78 valence electrons. The van der Waals surface area contributed by atoms with Gasteiger partial charge in [-0.05, 0) is 24.6 Å². The van der Waals surface area contributed by atoms with E-state index in [1.165, 1.54) is 0 Å². The SMILES string of the molecule is O=C1Nc2c(Cl)cccc2[C@@]12CCNC2. The Morgan fingerprint density at radius 2 is 2.27 bits per heavy atom. The van der Waals surface area contributed by atoms with Crippen molar-refractivity contribution in [1.29, 1.82) is 0 Å². The molecule has 4 heteroatoms. The summed E-state index contributed by atoms with van der Waals surface area (Å²) in [6, 6.07) is 5.70. The molecule has 0 aliphatic carbocycles. The number of fused-ring (bicyclic) bond motifs is 2. The molecule has 0 unspecified atom stereocenters. The maximum absolute atomic E-state index is 12.0. The van der Waals surface area contributed by atoms with Gasteiger partial charge >= 0.3 is 0 Å². The fourth-order valence-electron chi connectivity index (χ4n) is 2.52. The Morgan fingerprint density at radius 1 is 1.40 bits per heavy atom.